The fourth-order valence-electron chi connectivity index (χ4n) is 2.82. The summed E-state index contributed by atoms with van der Waals surface area (Å²) in [6, 6.07) is 10.7. The molecule has 6 nitrogen and oxygen atoms in total. The summed E-state index contributed by atoms with van der Waals surface area (Å²) in [5.41, 5.74) is 1.61. The zero-order valence-electron chi connectivity index (χ0n) is 14.4. The molecule has 1 aliphatic heterocycles. The molecule has 0 bridgehead atoms. The molecule has 140 valence electrons. The molecule has 27 heavy (non-hydrogen) atoms. The normalized spacial score (nSPS) is 16.7. The van der Waals surface area contributed by atoms with Gasteiger partial charge < -0.3 is 10.1 Å². The Bertz CT molecular complexity index is 899. The van der Waals surface area contributed by atoms with Crippen LogP contribution in [0.3, 0.4) is 0 Å². The van der Waals surface area contributed by atoms with Gasteiger partial charge in [-0.2, -0.15) is 0 Å². The van der Waals surface area contributed by atoms with Gasteiger partial charge in [0.05, 0.1) is 40.9 Å². The van der Waals surface area contributed by atoms with Gasteiger partial charge in [-0.15, -0.1) is 0 Å². The molecule has 1 atom stereocenters. The van der Waals surface area contributed by atoms with E-state index in [0.29, 0.717) is 27.8 Å². The first-order valence-electron chi connectivity index (χ1n) is 8.13. The van der Waals surface area contributed by atoms with Crippen LogP contribution in [0.15, 0.2) is 42.5 Å². The number of nitrogens with zero attached hydrogens (tertiary/aromatic N) is 1. The van der Waals surface area contributed by atoms with Crippen molar-refractivity contribution < 1.29 is 19.1 Å². The minimum atomic E-state index is -0.632. The van der Waals surface area contributed by atoms with Gasteiger partial charge in [-0.25, -0.2) is 9.69 Å². The zero-order valence-corrected chi connectivity index (χ0v) is 15.9. The molecule has 0 spiro atoms. The lowest BCUT2D eigenvalue weighted by molar-refractivity contribution is -0.121. The number of hydrogen-bond acceptors (Lipinski definition) is 5. The van der Waals surface area contributed by atoms with E-state index in [1.165, 1.54) is 19.2 Å². The molecule has 2 aromatic carbocycles. The summed E-state index contributed by atoms with van der Waals surface area (Å²) < 4.78 is 4.64. The number of hydrogen-bond donors (Lipinski definition) is 1. The average molecular weight is 407 g/mol. The quantitative estimate of drug-likeness (QED) is 0.609. The van der Waals surface area contributed by atoms with Crippen LogP contribution in [-0.2, 0) is 20.9 Å². The van der Waals surface area contributed by atoms with E-state index in [9.17, 15) is 14.4 Å². The van der Waals surface area contributed by atoms with Gasteiger partial charge in [0.15, 0.2) is 0 Å². The maximum absolute atomic E-state index is 12.6. The number of halogens is 2. The van der Waals surface area contributed by atoms with E-state index >= 15 is 0 Å². The minimum absolute atomic E-state index is 0.0545. The smallest absolute Gasteiger partial charge is 0.337 e. The monoisotopic (exact) mass is 406 g/mol. The third-order valence-electron chi connectivity index (χ3n) is 4.23. The third-order valence-corrected chi connectivity index (χ3v) is 4.97. The topological polar surface area (TPSA) is 75.7 Å². The predicted octanol–water partition coefficient (Wildman–Crippen LogP) is 3.20. The molecule has 0 radical (unpaired) electrons. The minimum Gasteiger partial charge on any atom is -0.465 e. The number of rotatable bonds is 5. The molecule has 2 amide bonds. The zero-order chi connectivity index (χ0) is 19.6. The molecule has 1 aliphatic rings. The number of esters is 1. The number of carbonyl (C=O) groups excluding carboxylic acids is 3. The summed E-state index contributed by atoms with van der Waals surface area (Å²) in [5, 5.41) is 3.96. The van der Waals surface area contributed by atoms with Gasteiger partial charge in [0.1, 0.15) is 0 Å². The third kappa shape index (κ3) is 4.13. The molecule has 0 aromatic heterocycles. The van der Waals surface area contributed by atoms with Crippen molar-refractivity contribution in [2.45, 2.75) is 19.0 Å². The molecule has 1 saturated heterocycles. The number of ether oxygens (including phenoxy) is 1. The van der Waals surface area contributed by atoms with Gasteiger partial charge in [0.25, 0.3) is 5.91 Å². The Morgan fingerprint density at radius 1 is 1.15 bits per heavy atom. The maximum Gasteiger partial charge on any atom is 0.337 e. The van der Waals surface area contributed by atoms with Crippen LogP contribution in [-0.4, -0.2) is 30.9 Å². The second kappa shape index (κ2) is 8.08. The molecule has 1 fully saturated rings. The first-order valence-corrected chi connectivity index (χ1v) is 8.89. The van der Waals surface area contributed by atoms with Gasteiger partial charge in [-0.1, -0.05) is 29.3 Å². The van der Waals surface area contributed by atoms with Crippen molar-refractivity contribution in [2.24, 2.45) is 0 Å². The Morgan fingerprint density at radius 2 is 1.85 bits per heavy atom. The van der Waals surface area contributed by atoms with Crippen molar-refractivity contribution in [1.82, 2.24) is 5.32 Å². The van der Waals surface area contributed by atoms with E-state index in [1.54, 1.807) is 30.3 Å². The van der Waals surface area contributed by atoms with Crippen molar-refractivity contribution >= 4 is 46.7 Å². The Labute approximate surface area is 166 Å². The molecule has 0 unspecified atom stereocenters. The Hall–Kier alpha value is -2.41. The summed E-state index contributed by atoms with van der Waals surface area (Å²) in [6.45, 7) is 0.371. The Kier molecular flexibility index (Phi) is 5.79. The highest BCUT2D eigenvalue weighted by atomic mass is 35.5. The predicted molar refractivity (Wildman–Crippen MR) is 102 cm³/mol. The first-order chi connectivity index (χ1) is 12.9. The standard InChI is InChI=1S/C19H16Cl2N2O4/c1-27-19(26)12-3-5-13(6-4-12)23-17(24)9-16(18(23)25)22-10-11-2-7-14(20)15(21)8-11/h2-8,16,22H,9-10H2,1H3/t16-/m1/s1. The number of amides is 2. The molecular weight excluding hydrogens is 391 g/mol. The molecular formula is C19H16Cl2N2O4. The fourth-order valence-corrected chi connectivity index (χ4v) is 3.14. The average Bonchev–Trinajstić information content (AvgIpc) is 2.95. The molecule has 2 aromatic rings. The van der Waals surface area contributed by atoms with Crippen LogP contribution < -0.4 is 10.2 Å². The number of benzene rings is 2. The summed E-state index contributed by atoms with van der Waals surface area (Å²) >= 11 is 11.9. The Morgan fingerprint density at radius 3 is 2.48 bits per heavy atom. The number of imide groups is 1. The van der Waals surface area contributed by atoms with Crippen molar-refractivity contribution in [1.29, 1.82) is 0 Å². The van der Waals surface area contributed by atoms with Gasteiger partial charge in [0.2, 0.25) is 5.91 Å². The summed E-state index contributed by atoms with van der Waals surface area (Å²) in [5.74, 6) is -1.13. The van der Waals surface area contributed by atoms with Gasteiger partial charge in [-0.3, -0.25) is 9.59 Å². The lowest BCUT2D eigenvalue weighted by Crippen LogP contribution is -2.38. The highest BCUT2D eigenvalue weighted by molar-refractivity contribution is 6.42. The molecule has 1 N–H and O–H groups in total. The first kappa shape index (κ1) is 19.4. The van der Waals surface area contributed by atoms with Crippen LogP contribution in [0.4, 0.5) is 5.69 Å². The van der Waals surface area contributed by atoms with Crippen LogP contribution in [0.2, 0.25) is 10.0 Å². The van der Waals surface area contributed by atoms with Crippen LogP contribution in [0.5, 0.6) is 0 Å². The summed E-state index contributed by atoms with van der Waals surface area (Å²) in [4.78, 5) is 37.6. The lowest BCUT2D eigenvalue weighted by atomic mass is 10.2. The van der Waals surface area contributed by atoms with Crippen molar-refractivity contribution in [3.8, 4) is 0 Å². The van der Waals surface area contributed by atoms with E-state index < -0.39 is 12.0 Å². The van der Waals surface area contributed by atoms with Crippen molar-refractivity contribution in [2.75, 3.05) is 12.0 Å². The highest BCUT2D eigenvalue weighted by Crippen LogP contribution is 2.25. The molecule has 8 heteroatoms. The number of nitrogens with one attached hydrogen (secondary N) is 1. The Balaban J connectivity index is 1.69. The maximum atomic E-state index is 12.6. The van der Waals surface area contributed by atoms with Crippen molar-refractivity contribution in [3.05, 3.63) is 63.6 Å². The number of methoxy groups -OCH3 is 1. The highest BCUT2D eigenvalue weighted by Gasteiger charge is 2.39. The summed E-state index contributed by atoms with van der Waals surface area (Å²) in [7, 11) is 1.29. The van der Waals surface area contributed by atoms with Gasteiger partial charge in [0, 0.05) is 6.54 Å². The largest absolute Gasteiger partial charge is 0.465 e. The second-order valence-electron chi connectivity index (χ2n) is 5.99. The lowest BCUT2D eigenvalue weighted by Gasteiger charge is -2.16. The molecule has 0 aliphatic carbocycles. The van der Waals surface area contributed by atoms with Crippen LogP contribution in [0, 0.1) is 0 Å². The SMILES string of the molecule is COC(=O)c1ccc(N2C(=O)C[C@@H](NCc3ccc(Cl)c(Cl)c3)C2=O)cc1. The van der Waals surface area contributed by atoms with Crippen LogP contribution >= 0.6 is 23.2 Å². The van der Waals surface area contributed by atoms with E-state index in [4.69, 9.17) is 23.2 Å². The molecule has 0 saturated carbocycles. The number of anilines is 1. The van der Waals surface area contributed by atoms with Gasteiger partial charge in [-0.05, 0) is 42.0 Å². The fraction of sp³-hybridized carbons (Fsp3) is 0.211. The van der Waals surface area contributed by atoms with Crippen LogP contribution in [0.25, 0.3) is 0 Å². The van der Waals surface area contributed by atoms with E-state index in [0.717, 1.165) is 10.5 Å². The molecule has 1 heterocycles. The van der Waals surface area contributed by atoms with Gasteiger partial charge >= 0.3 is 5.97 Å². The number of carbonyl (C=O) groups is 3. The van der Waals surface area contributed by atoms with E-state index in [2.05, 4.69) is 10.1 Å². The van der Waals surface area contributed by atoms with Crippen molar-refractivity contribution in [3.63, 3.8) is 0 Å². The summed E-state index contributed by atoms with van der Waals surface area (Å²) in [6.07, 6.45) is 0.0545. The second-order valence-corrected chi connectivity index (χ2v) is 6.81. The van der Waals surface area contributed by atoms with Crippen LogP contribution in [0.1, 0.15) is 22.3 Å². The molecule has 3 rings (SSSR count). The van der Waals surface area contributed by atoms with E-state index in [-0.39, 0.29) is 18.2 Å². The van der Waals surface area contributed by atoms with E-state index in [1.807, 2.05) is 0 Å².